The highest BCUT2D eigenvalue weighted by Gasteiger charge is 2.27. The largest absolute Gasteiger partial charge is 0.497 e. The van der Waals surface area contributed by atoms with Gasteiger partial charge in [0, 0.05) is 26.2 Å². The quantitative estimate of drug-likeness (QED) is 0.691. The first-order valence-electron chi connectivity index (χ1n) is 8.65. The van der Waals surface area contributed by atoms with E-state index < -0.39 is 10.0 Å². The number of sulfonamides is 1. The van der Waals surface area contributed by atoms with Gasteiger partial charge >= 0.3 is 0 Å². The molecule has 3 rings (SSSR count). The molecule has 0 amide bonds. The third-order valence-corrected chi connectivity index (χ3v) is 6.48. The molecule has 1 aliphatic heterocycles. The van der Waals surface area contributed by atoms with Crippen LogP contribution in [0.4, 0.5) is 0 Å². The first-order chi connectivity index (χ1) is 12.5. The molecule has 0 atom stereocenters. The monoisotopic (exact) mass is 380 g/mol. The second-order valence-corrected chi connectivity index (χ2v) is 8.28. The number of methoxy groups -OCH3 is 1. The van der Waals surface area contributed by atoms with E-state index in [0.29, 0.717) is 39.1 Å². The molecule has 1 fully saturated rings. The number of tetrazole rings is 1. The normalized spacial score (nSPS) is 16.7. The van der Waals surface area contributed by atoms with Gasteiger partial charge in [0.2, 0.25) is 10.0 Å². The summed E-state index contributed by atoms with van der Waals surface area (Å²) in [5.41, 5.74) is 0.856. The summed E-state index contributed by atoms with van der Waals surface area (Å²) in [5.74, 6) is 1.70. The third-order valence-electron chi connectivity index (χ3n) is 4.40. The molecule has 142 valence electrons. The number of hydrogen-bond donors (Lipinski definition) is 0. The molecule has 2 heterocycles. The van der Waals surface area contributed by atoms with Crippen LogP contribution in [0.1, 0.15) is 19.2 Å². The average molecular weight is 380 g/mol. The fraction of sp³-hybridized carbons (Fsp3) is 0.562. The standard InChI is InChI=1S/C16H24N6O3S/c1-3-12-26(23,24)21-10-8-20(9-11-21)13-16-17-18-19-22(16)14-4-6-15(25-2)7-5-14/h4-7H,3,8-13H2,1-2H3. The number of nitrogens with zero attached hydrogens (tertiary/aromatic N) is 6. The van der Waals surface area contributed by atoms with E-state index in [2.05, 4.69) is 20.4 Å². The molecule has 0 saturated carbocycles. The van der Waals surface area contributed by atoms with Crippen LogP contribution in [0.25, 0.3) is 5.69 Å². The van der Waals surface area contributed by atoms with Crippen molar-refractivity contribution in [3.8, 4) is 11.4 Å². The Bertz CT molecular complexity index is 813. The zero-order chi connectivity index (χ0) is 18.6. The van der Waals surface area contributed by atoms with Crippen molar-refractivity contribution >= 4 is 10.0 Å². The lowest BCUT2D eigenvalue weighted by Gasteiger charge is -2.33. The Kier molecular flexibility index (Phi) is 5.84. The van der Waals surface area contributed by atoms with Crippen LogP contribution in [-0.4, -0.2) is 76.9 Å². The maximum absolute atomic E-state index is 12.2. The van der Waals surface area contributed by atoms with Crippen molar-refractivity contribution < 1.29 is 13.2 Å². The first kappa shape index (κ1) is 18.7. The third kappa shape index (κ3) is 4.19. The Morgan fingerprint density at radius 1 is 1.12 bits per heavy atom. The van der Waals surface area contributed by atoms with Crippen molar-refractivity contribution in [3.05, 3.63) is 30.1 Å². The van der Waals surface area contributed by atoms with Gasteiger partial charge in [-0.25, -0.2) is 8.42 Å². The summed E-state index contributed by atoms with van der Waals surface area (Å²) < 4.78 is 32.8. The van der Waals surface area contributed by atoms with Gasteiger partial charge in [-0.05, 0) is 41.1 Å². The minimum atomic E-state index is -3.13. The molecular weight excluding hydrogens is 356 g/mol. The van der Waals surface area contributed by atoms with Gasteiger partial charge in [-0.1, -0.05) is 6.92 Å². The number of piperazine rings is 1. The molecule has 1 saturated heterocycles. The van der Waals surface area contributed by atoms with Crippen LogP contribution in [0.2, 0.25) is 0 Å². The second-order valence-electron chi connectivity index (χ2n) is 6.20. The summed E-state index contributed by atoms with van der Waals surface area (Å²) >= 11 is 0. The molecule has 0 radical (unpaired) electrons. The van der Waals surface area contributed by atoms with E-state index in [1.54, 1.807) is 16.1 Å². The lowest BCUT2D eigenvalue weighted by atomic mass is 10.3. The Balaban J connectivity index is 1.64. The van der Waals surface area contributed by atoms with E-state index in [1.807, 2.05) is 31.2 Å². The summed E-state index contributed by atoms with van der Waals surface area (Å²) in [5, 5.41) is 12.0. The number of benzene rings is 1. The summed E-state index contributed by atoms with van der Waals surface area (Å²) in [6.07, 6.45) is 0.638. The molecule has 0 bridgehead atoms. The predicted octanol–water partition coefficient (Wildman–Crippen LogP) is 0.528. The fourth-order valence-corrected chi connectivity index (χ4v) is 4.47. The lowest BCUT2D eigenvalue weighted by Crippen LogP contribution is -2.49. The lowest BCUT2D eigenvalue weighted by molar-refractivity contribution is 0.177. The van der Waals surface area contributed by atoms with E-state index in [1.165, 1.54) is 0 Å². The Hall–Kier alpha value is -2.04. The van der Waals surface area contributed by atoms with E-state index in [4.69, 9.17) is 4.74 Å². The molecule has 0 spiro atoms. The number of ether oxygens (including phenoxy) is 1. The maximum atomic E-state index is 12.2. The summed E-state index contributed by atoms with van der Waals surface area (Å²) in [7, 11) is -1.50. The molecule has 0 aliphatic carbocycles. The van der Waals surface area contributed by atoms with Crippen molar-refractivity contribution in [3.63, 3.8) is 0 Å². The molecule has 26 heavy (non-hydrogen) atoms. The minimum absolute atomic E-state index is 0.211. The molecule has 1 aromatic carbocycles. The van der Waals surface area contributed by atoms with Gasteiger partial charge in [-0.3, -0.25) is 4.90 Å². The van der Waals surface area contributed by atoms with Crippen molar-refractivity contribution in [1.82, 2.24) is 29.4 Å². The Morgan fingerprint density at radius 3 is 2.42 bits per heavy atom. The van der Waals surface area contributed by atoms with Crippen LogP contribution in [0, 0.1) is 0 Å². The van der Waals surface area contributed by atoms with Crippen LogP contribution >= 0.6 is 0 Å². The molecule has 10 heteroatoms. The molecule has 0 unspecified atom stereocenters. The van der Waals surface area contributed by atoms with Crippen molar-refractivity contribution in [2.45, 2.75) is 19.9 Å². The number of hydrogen-bond acceptors (Lipinski definition) is 7. The first-order valence-corrected chi connectivity index (χ1v) is 10.3. The highest BCUT2D eigenvalue weighted by Crippen LogP contribution is 2.16. The zero-order valence-corrected chi connectivity index (χ0v) is 15.9. The maximum Gasteiger partial charge on any atom is 0.214 e. The second kappa shape index (κ2) is 8.11. The van der Waals surface area contributed by atoms with E-state index in [9.17, 15) is 8.42 Å². The predicted molar refractivity (Wildman–Crippen MR) is 96.6 cm³/mol. The number of aromatic nitrogens is 4. The Labute approximate surface area is 153 Å². The van der Waals surface area contributed by atoms with Gasteiger partial charge in [0.25, 0.3) is 0 Å². The molecule has 2 aromatic rings. The van der Waals surface area contributed by atoms with Crippen LogP contribution in [0.5, 0.6) is 5.75 Å². The highest BCUT2D eigenvalue weighted by molar-refractivity contribution is 7.89. The highest BCUT2D eigenvalue weighted by atomic mass is 32.2. The Morgan fingerprint density at radius 2 is 1.81 bits per heavy atom. The SMILES string of the molecule is CCCS(=O)(=O)N1CCN(Cc2nnnn2-c2ccc(OC)cc2)CC1. The van der Waals surface area contributed by atoms with E-state index in [-0.39, 0.29) is 5.75 Å². The average Bonchev–Trinajstić information content (AvgIpc) is 3.10. The summed E-state index contributed by atoms with van der Waals surface area (Å²) in [4.78, 5) is 2.17. The van der Waals surface area contributed by atoms with E-state index in [0.717, 1.165) is 17.3 Å². The van der Waals surface area contributed by atoms with Crippen LogP contribution in [0.15, 0.2) is 24.3 Å². The van der Waals surface area contributed by atoms with Crippen molar-refractivity contribution in [1.29, 1.82) is 0 Å². The van der Waals surface area contributed by atoms with Crippen LogP contribution < -0.4 is 4.74 Å². The molecule has 1 aromatic heterocycles. The van der Waals surface area contributed by atoms with Gasteiger partial charge in [0.1, 0.15) is 5.75 Å². The molecular formula is C16H24N6O3S. The van der Waals surface area contributed by atoms with Gasteiger partial charge in [0.15, 0.2) is 5.82 Å². The van der Waals surface area contributed by atoms with Crippen LogP contribution in [-0.2, 0) is 16.6 Å². The molecule has 0 N–H and O–H groups in total. The van der Waals surface area contributed by atoms with Gasteiger partial charge < -0.3 is 4.74 Å². The zero-order valence-electron chi connectivity index (χ0n) is 15.1. The van der Waals surface area contributed by atoms with Crippen molar-refractivity contribution in [2.75, 3.05) is 39.0 Å². The van der Waals surface area contributed by atoms with E-state index >= 15 is 0 Å². The molecule has 9 nitrogen and oxygen atoms in total. The minimum Gasteiger partial charge on any atom is -0.497 e. The summed E-state index contributed by atoms with van der Waals surface area (Å²) in [6, 6.07) is 7.51. The van der Waals surface area contributed by atoms with Crippen LogP contribution in [0.3, 0.4) is 0 Å². The van der Waals surface area contributed by atoms with Crippen molar-refractivity contribution in [2.24, 2.45) is 0 Å². The molecule has 1 aliphatic rings. The smallest absolute Gasteiger partial charge is 0.214 e. The topological polar surface area (TPSA) is 93.5 Å². The fourth-order valence-electron chi connectivity index (χ4n) is 2.98. The van der Waals surface area contributed by atoms with Gasteiger partial charge in [-0.2, -0.15) is 8.99 Å². The number of rotatable bonds is 7. The van der Waals surface area contributed by atoms with Gasteiger partial charge in [0.05, 0.1) is 25.1 Å². The summed E-state index contributed by atoms with van der Waals surface area (Å²) in [6.45, 7) is 4.79. The van der Waals surface area contributed by atoms with Gasteiger partial charge in [-0.15, -0.1) is 5.10 Å².